The van der Waals surface area contributed by atoms with Crippen LogP contribution in [0.25, 0.3) is 0 Å². The molecule has 2 N–H and O–H groups in total. The van der Waals surface area contributed by atoms with Crippen molar-refractivity contribution < 1.29 is 14.4 Å². The van der Waals surface area contributed by atoms with Crippen LogP contribution in [-0.4, -0.2) is 40.9 Å². The summed E-state index contributed by atoms with van der Waals surface area (Å²) in [7, 11) is 0. The summed E-state index contributed by atoms with van der Waals surface area (Å²) in [4.78, 5) is 36.4. The lowest BCUT2D eigenvalue weighted by molar-refractivity contribution is -0.133. The predicted octanol–water partition coefficient (Wildman–Crippen LogP) is 0.868. The molecule has 0 aliphatic carbocycles. The monoisotopic (exact) mass is 269 g/mol. The summed E-state index contributed by atoms with van der Waals surface area (Å²) < 4.78 is 0. The van der Waals surface area contributed by atoms with Gasteiger partial charge in [-0.3, -0.25) is 14.5 Å². The SMILES string of the molecule is CC(C)C[C@H]1NC(=O)N(CC(=O)NC(C)(C)C)C1=O. The van der Waals surface area contributed by atoms with Gasteiger partial charge in [-0.05, 0) is 33.1 Å². The molecule has 0 spiro atoms. The van der Waals surface area contributed by atoms with Gasteiger partial charge in [0.15, 0.2) is 0 Å². The van der Waals surface area contributed by atoms with E-state index >= 15 is 0 Å². The van der Waals surface area contributed by atoms with Crippen molar-refractivity contribution in [2.45, 2.75) is 52.6 Å². The third kappa shape index (κ3) is 4.54. The van der Waals surface area contributed by atoms with Crippen LogP contribution in [0.3, 0.4) is 0 Å². The zero-order valence-corrected chi connectivity index (χ0v) is 12.2. The minimum atomic E-state index is -0.505. The third-order valence-electron chi connectivity index (χ3n) is 2.63. The molecular formula is C13H23N3O3. The van der Waals surface area contributed by atoms with Crippen molar-refractivity contribution in [3.8, 4) is 0 Å². The van der Waals surface area contributed by atoms with E-state index in [0.29, 0.717) is 12.3 Å². The highest BCUT2D eigenvalue weighted by Gasteiger charge is 2.39. The largest absolute Gasteiger partial charge is 0.350 e. The van der Waals surface area contributed by atoms with E-state index in [9.17, 15) is 14.4 Å². The fourth-order valence-corrected chi connectivity index (χ4v) is 1.96. The van der Waals surface area contributed by atoms with Crippen molar-refractivity contribution >= 4 is 17.8 Å². The van der Waals surface area contributed by atoms with E-state index in [0.717, 1.165) is 4.90 Å². The standard InChI is InChI=1S/C13H23N3O3/c1-8(2)6-9-11(18)16(12(19)14-9)7-10(17)15-13(3,4)5/h8-9H,6-7H2,1-5H3,(H,14,19)(H,15,17)/t9-/m1/s1. The Labute approximate surface area is 113 Å². The van der Waals surface area contributed by atoms with Crippen LogP contribution in [0.4, 0.5) is 4.79 Å². The number of hydrogen-bond acceptors (Lipinski definition) is 3. The Bertz CT molecular complexity index is 385. The number of nitrogens with zero attached hydrogens (tertiary/aromatic N) is 1. The van der Waals surface area contributed by atoms with E-state index in [-0.39, 0.29) is 23.9 Å². The second kappa shape index (κ2) is 5.59. The molecule has 1 rings (SSSR count). The molecule has 6 nitrogen and oxygen atoms in total. The Morgan fingerprint density at radius 1 is 1.37 bits per heavy atom. The Morgan fingerprint density at radius 3 is 2.42 bits per heavy atom. The van der Waals surface area contributed by atoms with E-state index in [1.54, 1.807) is 0 Å². The molecule has 1 atom stereocenters. The van der Waals surface area contributed by atoms with Crippen LogP contribution in [-0.2, 0) is 9.59 Å². The maximum atomic E-state index is 12.0. The lowest BCUT2D eigenvalue weighted by Crippen LogP contribution is -2.47. The van der Waals surface area contributed by atoms with Gasteiger partial charge >= 0.3 is 6.03 Å². The first-order chi connectivity index (χ1) is 8.60. The number of carbonyl (C=O) groups excluding carboxylic acids is 3. The van der Waals surface area contributed by atoms with Gasteiger partial charge in [-0.25, -0.2) is 4.79 Å². The van der Waals surface area contributed by atoms with Crippen molar-refractivity contribution in [3.63, 3.8) is 0 Å². The van der Waals surface area contributed by atoms with Gasteiger partial charge in [0.25, 0.3) is 5.91 Å². The molecule has 0 aromatic carbocycles. The number of nitrogens with one attached hydrogen (secondary N) is 2. The number of urea groups is 1. The lowest BCUT2D eigenvalue weighted by Gasteiger charge is -2.22. The van der Waals surface area contributed by atoms with Crippen LogP contribution in [0.15, 0.2) is 0 Å². The molecule has 0 saturated carbocycles. The summed E-state index contributed by atoms with van der Waals surface area (Å²) in [5.74, 6) is -0.346. The summed E-state index contributed by atoms with van der Waals surface area (Å²) in [6.07, 6.45) is 0.585. The first-order valence-electron chi connectivity index (χ1n) is 6.53. The minimum Gasteiger partial charge on any atom is -0.350 e. The molecule has 1 aliphatic heterocycles. The molecule has 1 saturated heterocycles. The molecule has 0 aromatic rings. The smallest absolute Gasteiger partial charge is 0.325 e. The molecule has 0 radical (unpaired) electrons. The maximum Gasteiger partial charge on any atom is 0.325 e. The molecule has 19 heavy (non-hydrogen) atoms. The van der Waals surface area contributed by atoms with Crippen molar-refractivity contribution in [1.82, 2.24) is 15.5 Å². The van der Waals surface area contributed by atoms with Crippen LogP contribution in [0, 0.1) is 5.92 Å². The molecule has 4 amide bonds. The van der Waals surface area contributed by atoms with Crippen molar-refractivity contribution in [2.75, 3.05) is 6.54 Å². The second-order valence-corrected chi connectivity index (χ2v) is 6.35. The molecule has 0 unspecified atom stereocenters. The number of imide groups is 1. The van der Waals surface area contributed by atoms with Crippen LogP contribution in [0.5, 0.6) is 0 Å². The highest BCUT2D eigenvalue weighted by atomic mass is 16.2. The molecule has 108 valence electrons. The van der Waals surface area contributed by atoms with Crippen LogP contribution >= 0.6 is 0 Å². The molecule has 0 bridgehead atoms. The van der Waals surface area contributed by atoms with Crippen LogP contribution in [0.2, 0.25) is 0 Å². The number of rotatable bonds is 4. The fourth-order valence-electron chi connectivity index (χ4n) is 1.96. The minimum absolute atomic E-state index is 0.226. The fraction of sp³-hybridized carbons (Fsp3) is 0.769. The molecule has 1 aliphatic rings. The van der Waals surface area contributed by atoms with Gasteiger partial charge in [0.2, 0.25) is 5.91 Å². The van der Waals surface area contributed by atoms with Crippen LogP contribution < -0.4 is 10.6 Å². The van der Waals surface area contributed by atoms with E-state index < -0.39 is 12.1 Å². The Kier molecular flexibility index (Phi) is 4.55. The average Bonchev–Trinajstić information content (AvgIpc) is 2.42. The summed E-state index contributed by atoms with van der Waals surface area (Å²) >= 11 is 0. The Hall–Kier alpha value is -1.59. The van der Waals surface area contributed by atoms with Gasteiger partial charge in [-0.2, -0.15) is 0 Å². The van der Waals surface area contributed by atoms with Gasteiger partial charge in [0.05, 0.1) is 0 Å². The third-order valence-corrected chi connectivity index (χ3v) is 2.63. The first kappa shape index (κ1) is 15.5. The lowest BCUT2D eigenvalue weighted by atomic mass is 10.0. The highest BCUT2D eigenvalue weighted by Crippen LogP contribution is 2.14. The Balaban J connectivity index is 2.62. The summed E-state index contributed by atoms with van der Waals surface area (Å²) in [6, 6.07) is -0.991. The maximum absolute atomic E-state index is 12.0. The highest BCUT2D eigenvalue weighted by molar-refractivity contribution is 6.06. The average molecular weight is 269 g/mol. The second-order valence-electron chi connectivity index (χ2n) is 6.35. The summed E-state index contributed by atoms with van der Waals surface area (Å²) in [6.45, 7) is 9.27. The number of amides is 4. The molecular weight excluding hydrogens is 246 g/mol. The van der Waals surface area contributed by atoms with Gasteiger partial charge in [0.1, 0.15) is 12.6 Å². The van der Waals surface area contributed by atoms with E-state index in [1.807, 2.05) is 34.6 Å². The molecule has 6 heteroatoms. The first-order valence-corrected chi connectivity index (χ1v) is 6.53. The van der Waals surface area contributed by atoms with Gasteiger partial charge in [0, 0.05) is 5.54 Å². The molecule has 1 heterocycles. The van der Waals surface area contributed by atoms with E-state index in [2.05, 4.69) is 10.6 Å². The Morgan fingerprint density at radius 2 is 1.95 bits per heavy atom. The predicted molar refractivity (Wildman–Crippen MR) is 71.4 cm³/mol. The van der Waals surface area contributed by atoms with E-state index in [4.69, 9.17) is 0 Å². The molecule has 0 aromatic heterocycles. The van der Waals surface area contributed by atoms with Gasteiger partial charge < -0.3 is 10.6 Å². The molecule has 1 fully saturated rings. The number of carbonyl (C=O) groups is 3. The normalized spacial score (nSPS) is 19.9. The summed E-state index contributed by atoms with van der Waals surface area (Å²) in [5.41, 5.74) is -0.381. The van der Waals surface area contributed by atoms with Crippen molar-refractivity contribution in [2.24, 2.45) is 5.92 Å². The quantitative estimate of drug-likeness (QED) is 0.743. The van der Waals surface area contributed by atoms with Crippen molar-refractivity contribution in [1.29, 1.82) is 0 Å². The summed E-state index contributed by atoms with van der Waals surface area (Å²) in [5, 5.41) is 5.34. The van der Waals surface area contributed by atoms with Crippen LogP contribution in [0.1, 0.15) is 41.0 Å². The zero-order valence-electron chi connectivity index (χ0n) is 12.2. The zero-order chi connectivity index (χ0) is 14.8. The topological polar surface area (TPSA) is 78.5 Å². The van der Waals surface area contributed by atoms with Gasteiger partial charge in [-0.1, -0.05) is 13.8 Å². The van der Waals surface area contributed by atoms with E-state index in [1.165, 1.54) is 0 Å². The van der Waals surface area contributed by atoms with Gasteiger partial charge in [-0.15, -0.1) is 0 Å². The number of hydrogen-bond donors (Lipinski definition) is 2. The van der Waals surface area contributed by atoms with Crippen molar-refractivity contribution in [3.05, 3.63) is 0 Å².